The summed E-state index contributed by atoms with van der Waals surface area (Å²) in [4.78, 5) is 29.4. The standard InChI is InChI=1S/C24H31N3O4/c1-26-17-21(23(29)25-12-9-19-6-3-2-4-7-19)31-24(18-26)10-13-27(14-11-24)22(28)16-20-8-5-15-30-20/h2-8,15,21H,9-14,16-18H2,1H3,(H,25,29)/t21-/m1/s1. The van der Waals surface area contributed by atoms with E-state index in [1.165, 1.54) is 5.56 Å². The van der Waals surface area contributed by atoms with Gasteiger partial charge in [0.1, 0.15) is 11.9 Å². The third-order valence-electron chi connectivity index (χ3n) is 6.21. The van der Waals surface area contributed by atoms with Crippen molar-refractivity contribution >= 4 is 11.8 Å². The molecule has 1 spiro atoms. The molecule has 1 aromatic heterocycles. The number of hydrogen-bond acceptors (Lipinski definition) is 5. The molecule has 2 amide bonds. The van der Waals surface area contributed by atoms with Crippen molar-refractivity contribution in [2.45, 2.75) is 37.4 Å². The van der Waals surface area contributed by atoms with Gasteiger partial charge in [-0.3, -0.25) is 9.59 Å². The molecule has 1 N–H and O–H groups in total. The molecule has 166 valence electrons. The van der Waals surface area contributed by atoms with Crippen molar-refractivity contribution in [1.29, 1.82) is 0 Å². The van der Waals surface area contributed by atoms with Gasteiger partial charge >= 0.3 is 0 Å². The van der Waals surface area contributed by atoms with Gasteiger partial charge in [0.15, 0.2) is 0 Å². The SMILES string of the molecule is CN1C[C@H](C(=O)NCCc2ccccc2)OC2(CCN(C(=O)Cc3ccco3)CC2)C1. The first-order valence-corrected chi connectivity index (χ1v) is 11.0. The number of carbonyl (C=O) groups excluding carboxylic acids is 2. The number of hydrogen-bond donors (Lipinski definition) is 1. The molecule has 1 aromatic carbocycles. The molecule has 2 saturated heterocycles. The molecule has 7 heteroatoms. The minimum atomic E-state index is -0.486. The van der Waals surface area contributed by atoms with Gasteiger partial charge in [-0.2, -0.15) is 0 Å². The number of rotatable bonds is 6. The molecule has 0 bridgehead atoms. The Hall–Kier alpha value is -2.64. The molecule has 0 radical (unpaired) electrons. The summed E-state index contributed by atoms with van der Waals surface area (Å²) in [7, 11) is 2.03. The zero-order valence-electron chi connectivity index (χ0n) is 18.1. The molecular formula is C24H31N3O4. The lowest BCUT2D eigenvalue weighted by Crippen LogP contribution is -2.62. The molecule has 2 fully saturated rings. The summed E-state index contributed by atoms with van der Waals surface area (Å²) in [6.45, 7) is 3.22. The fourth-order valence-corrected chi connectivity index (χ4v) is 4.55. The van der Waals surface area contributed by atoms with Crippen LogP contribution in [0.15, 0.2) is 53.1 Å². The van der Waals surface area contributed by atoms with E-state index in [2.05, 4.69) is 22.3 Å². The molecule has 2 aliphatic heterocycles. The van der Waals surface area contributed by atoms with Gasteiger partial charge in [0, 0.05) is 32.7 Å². The smallest absolute Gasteiger partial charge is 0.250 e. The summed E-state index contributed by atoms with van der Waals surface area (Å²) in [5.74, 6) is 0.702. The number of likely N-dealkylation sites (N-methyl/N-ethyl adjacent to an activating group) is 1. The maximum atomic E-state index is 12.8. The molecule has 0 saturated carbocycles. The average molecular weight is 426 g/mol. The number of carbonyl (C=O) groups is 2. The van der Waals surface area contributed by atoms with Crippen molar-refractivity contribution in [3.63, 3.8) is 0 Å². The Bertz CT molecular complexity index is 860. The predicted octanol–water partition coefficient (Wildman–Crippen LogP) is 1.87. The summed E-state index contributed by atoms with van der Waals surface area (Å²) in [5.41, 5.74) is 0.822. The number of ether oxygens (including phenoxy) is 1. The highest BCUT2D eigenvalue weighted by Gasteiger charge is 2.44. The second-order valence-corrected chi connectivity index (χ2v) is 8.65. The molecule has 2 aliphatic rings. The number of amides is 2. The third kappa shape index (κ3) is 5.54. The van der Waals surface area contributed by atoms with Gasteiger partial charge in [0.2, 0.25) is 5.91 Å². The molecule has 0 aliphatic carbocycles. The molecule has 31 heavy (non-hydrogen) atoms. The van der Waals surface area contributed by atoms with E-state index in [1.807, 2.05) is 36.2 Å². The number of benzene rings is 1. The maximum absolute atomic E-state index is 12.8. The van der Waals surface area contributed by atoms with Crippen LogP contribution in [0.3, 0.4) is 0 Å². The molecule has 7 nitrogen and oxygen atoms in total. The number of morpholine rings is 1. The van der Waals surface area contributed by atoms with Gasteiger partial charge in [-0.05, 0) is 44.0 Å². The summed E-state index contributed by atoms with van der Waals surface area (Å²) in [6.07, 6.45) is 3.65. The zero-order chi connectivity index (χ0) is 21.7. The number of nitrogens with one attached hydrogen (secondary N) is 1. The number of nitrogens with zero attached hydrogens (tertiary/aromatic N) is 2. The van der Waals surface area contributed by atoms with E-state index in [0.717, 1.165) is 25.8 Å². The first-order valence-electron chi connectivity index (χ1n) is 11.0. The second-order valence-electron chi connectivity index (χ2n) is 8.65. The minimum absolute atomic E-state index is 0.0572. The summed E-state index contributed by atoms with van der Waals surface area (Å²) in [5, 5.41) is 3.03. The van der Waals surface area contributed by atoms with Crippen LogP contribution in [0.1, 0.15) is 24.2 Å². The minimum Gasteiger partial charge on any atom is -0.469 e. The summed E-state index contributed by atoms with van der Waals surface area (Å²) in [6, 6.07) is 13.7. The topological polar surface area (TPSA) is 75.0 Å². The van der Waals surface area contributed by atoms with E-state index in [0.29, 0.717) is 31.9 Å². The normalized spacial score (nSPS) is 21.2. The molecule has 3 heterocycles. The monoisotopic (exact) mass is 425 g/mol. The average Bonchev–Trinajstić information content (AvgIpc) is 3.27. The van der Waals surface area contributed by atoms with Crippen LogP contribution < -0.4 is 5.32 Å². The van der Waals surface area contributed by atoms with Crippen molar-refractivity contribution in [3.05, 3.63) is 60.1 Å². The first kappa shape index (κ1) is 21.6. The number of likely N-dealkylation sites (tertiary alicyclic amines) is 1. The Labute approximate surface area is 183 Å². The van der Waals surface area contributed by atoms with Crippen LogP contribution >= 0.6 is 0 Å². The van der Waals surface area contributed by atoms with E-state index in [9.17, 15) is 9.59 Å². The van der Waals surface area contributed by atoms with Crippen LogP contribution in [-0.2, 0) is 27.2 Å². The lowest BCUT2D eigenvalue weighted by Gasteiger charge is -2.48. The van der Waals surface area contributed by atoms with Crippen molar-refractivity contribution in [2.24, 2.45) is 0 Å². The Morgan fingerprint density at radius 2 is 1.90 bits per heavy atom. The Balaban J connectivity index is 1.28. The van der Waals surface area contributed by atoms with Gasteiger partial charge in [-0.25, -0.2) is 0 Å². The molecule has 1 atom stereocenters. The summed E-state index contributed by atoms with van der Waals surface area (Å²) >= 11 is 0. The van der Waals surface area contributed by atoms with Crippen molar-refractivity contribution in [1.82, 2.24) is 15.1 Å². The van der Waals surface area contributed by atoms with Crippen LogP contribution in [-0.4, -0.2) is 73.1 Å². The van der Waals surface area contributed by atoms with Gasteiger partial charge in [-0.1, -0.05) is 30.3 Å². The van der Waals surface area contributed by atoms with Crippen LogP contribution in [0, 0.1) is 0 Å². The van der Waals surface area contributed by atoms with Gasteiger partial charge in [0.25, 0.3) is 5.91 Å². The molecule has 4 rings (SSSR count). The highest BCUT2D eigenvalue weighted by molar-refractivity contribution is 5.81. The van der Waals surface area contributed by atoms with Crippen LogP contribution in [0.25, 0.3) is 0 Å². The van der Waals surface area contributed by atoms with Crippen LogP contribution in [0.5, 0.6) is 0 Å². The Kier molecular flexibility index (Phi) is 6.73. The van der Waals surface area contributed by atoms with Crippen molar-refractivity contribution in [3.8, 4) is 0 Å². The highest BCUT2D eigenvalue weighted by Crippen LogP contribution is 2.32. The fraction of sp³-hybridized carbons (Fsp3) is 0.500. The summed E-state index contributed by atoms with van der Waals surface area (Å²) < 4.78 is 11.7. The van der Waals surface area contributed by atoms with Crippen molar-refractivity contribution in [2.75, 3.05) is 39.8 Å². The van der Waals surface area contributed by atoms with Gasteiger partial charge < -0.3 is 24.3 Å². The second kappa shape index (κ2) is 9.66. The first-order chi connectivity index (χ1) is 15.0. The predicted molar refractivity (Wildman–Crippen MR) is 116 cm³/mol. The fourth-order valence-electron chi connectivity index (χ4n) is 4.55. The van der Waals surface area contributed by atoms with E-state index in [-0.39, 0.29) is 23.8 Å². The maximum Gasteiger partial charge on any atom is 0.250 e. The van der Waals surface area contributed by atoms with E-state index < -0.39 is 6.10 Å². The molecular weight excluding hydrogens is 394 g/mol. The lowest BCUT2D eigenvalue weighted by molar-refractivity contribution is -0.183. The molecule has 0 unspecified atom stereocenters. The van der Waals surface area contributed by atoms with E-state index in [1.54, 1.807) is 12.3 Å². The number of piperidine rings is 1. The molecule has 2 aromatic rings. The van der Waals surface area contributed by atoms with Crippen molar-refractivity contribution < 1.29 is 18.7 Å². The van der Waals surface area contributed by atoms with Gasteiger partial charge in [0.05, 0.1) is 18.3 Å². The largest absolute Gasteiger partial charge is 0.469 e. The highest BCUT2D eigenvalue weighted by atomic mass is 16.5. The zero-order valence-corrected chi connectivity index (χ0v) is 18.1. The Morgan fingerprint density at radius 1 is 1.13 bits per heavy atom. The van der Waals surface area contributed by atoms with Crippen LogP contribution in [0.2, 0.25) is 0 Å². The number of furan rings is 1. The van der Waals surface area contributed by atoms with E-state index in [4.69, 9.17) is 9.15 Å². The van der Waals surface area contributed by atoms with Crippen LogP contribution in [0.4, 0.5) is 0 Å². The van der Waals surface area contributed by atoms with Gasteiger partial charge in [-0.15, -0.1) is 0 Å². The third-order valence-corrected chi connectivity index (χ3v) is 6.21. The lowest BCUT2D eigenvalue weighted by atomic mass is 9.88. The quantitative estimate of drug-likeness (QED) is 0.765. The van der Waals surface area contributed by atoms with E-state index >= 15 is 0 Å². The Morgan fingerprint density at radius 3 is 2.61 bits per heavy atom.